The first-order valence-corrected chi connectivity index (χ1v) is 7.23. The minimum Gasteiger partial charge on any atom is -0.276 e. The van der Waals surface area contributed by atoms with E-state index in [0.29, 0.717) is 18.5 Å². The van der Waals surface area contributed by atoms with Gasteiger partial charge in [-0.25, -0.2) is 9.69 Å². The van der Waals surface area contributed by atoms with Crippen LogP contribution in [0.5, 0.6) is 0 Å². The van der Waals surface area contributed by atoms with Crippen molar-refractivity contribution in [1.82, 2.24) is 5.32 Å². The number of rotatable bonds is 1. The molecule has 110 valence electrons. The molecule has 2 fully saturated rings. The summed E-state index contributed by atoms with van der Waals surface area (Å²) in [5, 5.41) is 2.36. The van der Waals surface area contributed by atoms with Gasteiger partial charge in [0.05, 0.1) is 5.69 Å². The van der Waals surface area contributed by atoms with E-state index in [1.165, 1.54) is 0 Å². The number of benzene rings is 1. The highest BCUT2D eigenvalue weighted by Gasteiger charge is 2.55. The van der Waals surface area contributed by atoms with Gasteiger partial charge in [0.15, 0.2) is 0 Å². The zero-order valence-electron chi connectivity index (χ0n) is 12.2. The first-order valence-electron chi connectivity index (χ1n) is 7.23. The Kier molecular flexibility index (Phi) is 3.08. The van der Waals surface area contributed by atoms with Crippen LogP contribution in [0.1, 0.15) is 36.8 Å². The summed E-state index contributed by atoms with van der Waals surface area (Å²) in [6.07, 6.45) is 2.72. The molecular weight excluding hydrogens is 268 g/mol. The first-order chi connectivity index (χ1) is 9.95. The summed E-state index contributed by atoms with van der Waals surface area (Å²) in [7, 11) is 0. The van der Waals surface area contributed by atoms with Crippen molar-refractivity contribution in [3.8, 4) is 0 Å². The molecule has 1 aromatic carbocycles. The fourth-order valence-corrected chi connectivity index (χ4v) is 3.27. The molecule has 0 unspecified atom stereocenters. The van der Waals surface area contributed by atoms with E-state index < -0.39 is 17.4 Å². The van der Waals surface area contributed by atoms with Crippen LogP contribution in [0.3, 0.4) is 0 Å². The molecule has 1 aromatic rings. The van der Waals surface area contributed by atoms with Crippen LogP contribution in [-0.4, -0.2) is 17.8 Å². The number of nitrogens with one attached hydrogen (secondary N) is 1. The van der Waals surface area contributed by atoms with Crippen molar-refractivity contribution in [1.29, 1.82) is 0 Å². The van der Waals surface area contributed by atoms with Gasteiger partial charge in [0.25, 0.3) is 5.91 Å². The van der Waals surface area contributed by atoms with Crippen LogP contribution >= 0.6 is 0 Å². The summed E-state index contributed by atoms with van der Waals surface area (Å²) in [5.41, 5.74) is 1.32. The lowest BCUT2D eigenvalue weighted by atomic mass is 9.82. The summed E-state index contributed by atoms with van der Waals surface area (Å²) in [5.74, 6) is -0.806. The van der Waals surface area contributed by atoms with Gasteiger partial charge in [0.1, 0.15) is 5.41 Å². The third-order valence-electron chi connectivity index (χ3n) is 4.53. The average molecular weight is 286 g/mol. The lowest BCUT2D eigenvalue weighted by molar-refractivity contribution is -0.142. The number of carbonyl (C=O) groups excluding carboxylic acids is 3. The summed E-state index contributed by atoms with van der Waals surface area (Å²) in [6.45, 7) is 3.76. The Bertz CT molecular complexity index is 645. The first kappa shape index (κ1) is 13.8. The van der Waals surface area contributed by atoms with Gasteiger partial charge in [-0.05, 0) is 43.9 Å². The minimum absolute atomic E-state index is 0.373. The van der Waals surface area contributed by atoms with Gasteiger partial charge in [-0.3, -0.25) is 14.9 Å². The Balaban J connectivity index is 2.09. The van der Waals surface area contributed by atoms with E-state index in [4.69, 9.17) is 0 Å². The standard InChI is InChI=1S/C16H18N2O3/c1-10-5-6-11(2)12(9-10)18-14(20)16(7-3-4-8-16)13(19)17-15(18)21/h5-6,9H,3-4,7-8H2,1-2H3,(H,17,19,21). The molecule has 5 nitrogen and oxygen atoms in total. The maximum absolute atomic E-state index is 12.9. The van der Waals surface area contributed by atoms with Gasteiger partial charge in [-0.15, -0.1) is 0 Å². The van der Waals surface area contributed by atoms with Crippen molar-refractivity contribution < 1.29 is 14.4 Å². The highest BCUT2D eigenvalue weighted by Crippen LogP contribution is 2.43. The predicted molar refractivity (Wildman–Crippen MR) is 77.8 cm³/mol. The van der Waals surface area contributed by atoms with E-state index >= 15 is 0 Å². The molecule has 1 N–H and O–H groups in total. The zero-order valence-corrected chi connectivity index (χ0v) is 12.2. The third-order valence-corrected chi connectivity index (χ3v) is 4.53. The number of anilines is 1. The number of nitrogens with zero attached hydrogens (tertiary/aromatic N) is 1. The van der Waals surface area contributed by atoms with Crippen LogP contribution in [0.25, 0.3) is 0 Å². The topological polar surface area (TPSA) is 66.5 Å². The Morgan fingerprint density at radius 2 is 1.76 bits per heavy atom. The van der Waals surface area contributed by atoms with Crippen molar-refractivity contribution >= 4 is 23.5 Å². The van der Waals surface area contributed by atoms with E-state index in [0.717, 1.165) is 28.9 Å². The molecule has 0 radical (unpaired) electrons. The summed E-state index contributed by atoms with van der Waals surface area (Å²) < 4.78 is 0. The monoisotopic (exact) mass is 286 g/mol. The second-order valence-corrected chi connectivity index (χ2v) is 5.98. The molecule has 1 aliphatic heterocycles. The van der Waals surface area contributed by atoms with Crippen LogP contribution < -0.4 is 10.2 Å². The van der Waals surface area contributed by atoms with Crippen LogP contribution in [-0.2, 0) is 9.59 Å². The van der Waals surface area contributed by atoms with Crippen LogP contribution in [0.2, 0.25) is 0 Å². The second kappa shape index (κ2) is 4.69. The van der Waals surface area contributed by atoms with E-state index in [1.54, 1.807) is 0 Å². The normalized spacial score (nSPS) is 21.0. The highest BCUT2D eigenvalue weighted by atomic mass is 16.2. The maximum atomic E-state index is 12.9. The van der Waals surface area contributed by atoms with Gasteiger partial charge in [-0.1, -0.05) is 25.0 Å². The van der Waals surface area contributed by atoms with Crippen LogP contribution in [0.15, 0.2) is 18.2 Å². The SMILES string of the molecule is Cc1ccc(C)c(N2C(=O)NC(=O)C3(CCCC3)C2=O)c1. The Morgan fingerprint density at radius 1 is 1.10 bits per heavy atom. The molecule has 0 bridgehead atoms. The van der Waals surface area contributed by atoms with Crippen LogP contribution in [0, 0.1) is 19.3 Å². The number of barbiturate groups is 1. The number of imide groups is 2. The average Bonchev–Trinajstić information content (AvgIpc) is 2.92. The lowest BCUT2D eigenvalue weighted by Gasteiger charge is -2.37. The van der Waals surface area contributed by atoms with Crippen molar-refractivity contribution in [3.05, 3.63) is 29.3 Å². The maximum Gasteiger partial charge on any atom is 0.335 e. The molecule has 5 heteroatoms. The Morgan fingerprint density at radius 3 is 2.43 bits per heavy atom. The van der Waals surface area contributed by atoms with Crippen LogP contribution in [0.4, 0.5) is 10.5 Å². The minimum atomic E-state index is -1.05. The van der Waals surface area contributed by atoms with Gasteiger partial charge in [0.2, 0.25) is 5.91 Å². The molecule has 0 aromatic heterocycles. The summed E-state index contributed by atoms with van der Waals surface area (Å²) in [6, 6.07) is 4.98. The predicted octanol–water partition coefficient (Wildman–Crippen LogP) is 2.45. The van der Waals surface area contributed by atoms with Gasteiger partial charge in [-0.2, -0.15) is 0 Å². The highest BCUT2D eigenvalue weighted by molar-refractivity contribution is 6.30. The van der Waals surface area contributed by atoms with Gasteiger partial charge < -0.3 is 0 Å². The molecule has 3 rings (SSSR count). The smallest absolute Gasteiger partial charge is 0.276 e. The van der Waals surface area contributed by atoms with Gasteiger partial charge in [0, 0.05) is 0 Å². The Hall–Kier alpha value is -2.17. The molecule has 1 spiro atoms. The van der Waals surface area contributed by atoms with E-state index in [9.17, 15) is 14.4 Å². The molecule has 21 heavy (non-hydrogen) atoms. The summed E-state index contributed by atoms with van der Waals surface area (Å²) >= 11 is 0. The summed E-state index contributed by atoms with van der Waals surface area (Å²) in [4.78, 5) is 38.4. The zero-order chi connectivity index (χ0) is 15.2. The van der Waals surface area contributed by atoms with Gasteiger partial charge >= 0.3 is 6.03 Å². The van der Waals surface area contributed by atoms with E-state index in [2.05, 4.69) is 5.32 Å². The third kappa shape index (κ3) is 1.95. The molecule has 1 saturated carbocycles. The van der Waals surface area contributed by atoms with E-state index in [-0.39, 0.29) is 5.91 Å². The quantitative estimate of drug-likeness (QED) is 0.806. The fraction of sp³-hybridized carbons (Fsp3) is 0.438. The molecule has 1 heterocycles. The number of aryl methyl sites for hydroxylation is 2. The lowest BCUT2D eigenvalue weighted by Crippen LogP contribution is -2.63. The second-order valence-electron chi connectivity index (χ2n) is 5.98. The molecular formula is C16H18N2O3. The number of amides is 4. The van der Waals surface area contributed by atoms with Crippen molar-refractivity contribution in [2.75, 3.05) is 4.90 Å². The Labute approximate surface area is 123 Å². The molecule has 0 atom stereocenters. The number of carbonyl (C=O) groups is 3. The largest absolute Gasteiger partial charge is 0.335 e. The molecule has 1 saturated heterocycles. The van der Waals surface area contributed by atoms with Crippen molar-refractivity contribution in [2.24, 2.45) is 5.41 Å². The fourth-order valence-electron chi connectivity index (χ4n) is 3.27. The number of hydrogen-bond donors (Lipinski definition) is 1. The molecule has 1 aliphatic carbocycles. The number of hydrogen-bond acceptors (Lipinski definition) is 3. The molecule has 2 aliphatic rings. The van der Waals surface area contributed by atoms with E-state index in [1.807, 2.05) is 32.0 Å². The number of urea groups is 1. The molecule has 4 amide bonds. The van der Waals surface area contributed by atoms with Crippen molar-refractivity contribution in [3.63, 3.8) is 0 Å². The van der Waals surface area contributed by atoms with Crippen molar-refractivity contribution in [2.45, 2.75) is 39.5 Å².